The molecule has 33 heavy (non-hydrogen) atoms. The summed E-state index contributed by atoms with van der Waals surface area (Å²) in [5.74, 6) is -0.187. The molecule has 0 aliphatic carbocycles. The fourth-order valence-electron chi connectivity index (χ4n) is 3.66. The lowest BCUT2D eigenvalue weighted by molar-refractivity contribution is 0.102. The van der Waals surface area contributed by atoms with E-state index in [1.165, 1.54) is 4.68 Å². The molecule has 5 rings (SSSR count). The largest absolute Gasteiger partial charge is 0.383 e. The van der Waals surface area contributed by atoms with Crippen LogP contribution in [0.2, 0.25) is 0 Å². The van der Waals surface area contributed by atoms with Crippen molar-refractivity contribution in [3.05, 3.63) is 95.1 Å². The number of carbonyl (C=O) groups excluding carboxylic acids is 1. The number of aryl methyl sites for hydroxylation is 2. The second kappa shape index (κ2) is 8.20. The number of hydrogen-bond acceptors (Lipinski definition) is 5. The van der Waals surface area contributed by atoms with Crippen LogP contribution < -0.4 is 11.1 Å². The van der Waals surface area contributed by atoms with Gasteiger partial charge in [0.05, 0.1) is 17.2 Å². The summed E-state index contributed by atoms with van der Waals surface area (Å²) >= 11 is 0. The van der Waals surface area contributed by atoms with Crippen molar-refractivity contribution in [2.45, 2.75) is 13.8 Å². The number of para-hydroxylation sites is 2. The van der Waals surface area contributed by atoms with E-state index in [0.717, 1.165) is 16.7 Å². The Morgan fingerprint density at radius 3 is 2.36 bits per heavy atom. The first kappa shape index (κ1) is 20.4. The van der Waals surface area contributed by atoms with E-state index in [9.17, 15) is 4.79 Å². The number of benzene rings is 3. The van der Waals surface area contributed by atoms with Crippen molar-refractivity contribution in [1.82, 2.24) is 14.6 Å². The highest BCUT2D eigenvalue weighted by Gasteiger charge is 2.24. The molecule has 0 spiro atoms. The zero-order valence-corrected chi connectivity index (χ0v) is 18.3. The first-order valence-electron chi connectivity index (χ1n) is 10.6. The van der Waals surface area contributed by atoms with Gasteiger partial charge in [-0.15, -0.1) is 0 Å². The van der Waals surface area contributed by atoms with Crippen molar-refractivity contribution >= 4 is 45.8 Å². The molecule has 0 atom stereocenters. The number of nitrogens with two attached hydrogens (primary N) is 1. The monoisotopic (exact) mass is 434 g/mol. The second-order valence-electron chi connectivity index (χ2n) is 7.86. The molecule has 2 heterocycles. The summed E-state index contributed by atoms with van der Waals surface area (Å²) in [7, 11) is 0. The summed E-state index contributed by atoms with van der Waals surface area (Å²) in [5.41, 5.74) is 12.7. The van der Waals surface area contributed by atoms with Gasteiger partial charge in [0.2, 0.25) is 0 Å². The molecule has 7 nitrogen and oxygen atoms in total. The Hall–Kier alpha value is -4.52. The lowest BCUT2D eigenvalue weighted by atomic mass is 10.1. The quantitative estimate of drug-likeness (QED) is 0.392. The van der Waals surface area contributed by atoms with Crippen LogP contribution in [0.5, 0.6) is 0 Å². The van der Waals surface area contributed by atoms with Gasteiger partial charge in [0, 0.05) is 5.69 Å². The highest BCUT2D eigenvalue weighted by molar-refractivity contribution is 6.16. The first-order chi connectivity index (χ1) is 16.0. The third-order valence-electron chi connectivity index (χ3n) is 5.59. The lowest BCUT2D eigenvalue weighted by Crippen LogP contribution is -2.14. The van der Waals surface area contributed by atoms with Gasteiger partial charge in [0.25, 0.3) is 5.91 Å². The van der Waals surface area contributed by atoms with Crippen molar-refractivity contribution in [2.75, 3.05) is 11.1 Å². The highest BCUT2D eigenvalue weighted by atomic mass is 16.1. The molecule has 0 unspecified atom stereocenters. The maximum absolute atomic E-state index is 13.3. The number of fused-ring (bicyclic) bond motifs is 2. The lowest BCUT2D eigenvalue weighted by Gasteiger charge is -2.08. The summed E-state index contributed by atoms with van der Waals surface area (Å²) in [5, 5.41) is 7.47. The Bertz CT molecular complexity index is 1540. The van der Waals surface area contributed by atoms with Crippen LogP contribution in [0.1, 0.15) is 27.0 Å². The van der Waals surface area contributed by atoms with Crippen molar-refractivity contribution in [2.24, 2.45) is 5.10 Å². The minimum absolute atomic E-state index is 0.175. The molecule has 7 heteroatoms. The van der Waals surface area contributed by atoms with Crippen LogP contribution in [-0.2, 0) is 0 Å². The van der Waals surface area contributed by atoms with E-state index in [0.29, 0.717) is 27.9 Å². The number of aromatic nitrogens is 3. The van der Waals surface area contributed by atoms with Gasteiger partial charge >= 0.3 is 0 Å². The van der Waals surface area contributed by atoms with E-state index >= 15 is 0 Å². The zero-order valence-electron chi connectivity index (χ0n) is 18.3. The van der Waals surface area contributed by atoms with Gasteiger partial charge in [-0.2, -0.15) is 9.78 Å². The molecule has 0 saturated heterocycles. The van der Waals surface area contributed by atoms with Crippen LogP contribution in [0.15, 0.2) is 77.9 Å². The molecule has 3 N–H and O–H groups in total. The van der Waals surface area contributed by atoms with E-state index in [4.69, 9.17) is 15.7 Å². The van der Waals surface area contributed by atoms with Crippen molar-refractivity contribution < 1.29 is 4.79 Å². The van der Waals surface area contributed by atoms with Crippen LogP contribution in [0.4, 0.5) is 11.5 Å². The molecular formula is C26H22N6O. The number of nitrogens with zero attached hydrogens (tertiary/aromatic N) is 4. The third kappa shape index (κ3) is 3.80. The topological polar surface area (TPSA) is 98.2 Å². The molecule has 2 aromatic heterocycles. The van der Waals surface area contributed by atoms with E-state index in [2.05, 4.69) is 10.4 Å². The summed E-state index contributed by atoms with van der Waals surface area (Å²) in [4.78, 5) is 22.8. The second-order valence-corrected chi connectivity index (χ2v) is 7.86. The van der Waals surface area contributed by atoms with E-state index < -0.39 is 0 Å². The Morgan fingerprint density at radius 2 is 1.64 bits per heavy atom. The maximum Gasteiger partial charge on any atom is 0.261 e. The van der Waals surface area contributed by atoms with E-state index in [-0.39, 0.29) is 17.3 Å². The number of nitrogen functional groups attached to an aromatic ring is 1. The number of anilines is 2. The Labute approximate surface area is 190 Å². The van der Waals surface area contributed by atoms with Gasteiger partial charge in [-0.3, -0.25) is 4.79 Å². The average Bonchev–Trinajstić information content (AvgIpc) is 3.09. The smallest absolute Gasteiger partial charge is 0.261 e. The number of amides is 1. The van der Waals surface area contributed by atoms with Crippen molar-refractivity contribution in [1.29, 1.82) is 0 Å². The predicted molar refractivity (Wildman–Crippen MR) is 133 cm³/mol. The maximum atomic E-state index is 13.3. The van der Waals surface area contributed by atoms with Crippen LogP contribution in [0, 0.1) is 13.8 Å². The molecule has 3 aromatic carbocycles. The zero-order chi connectivity index (χ0) is 22.9. The molecule has 0 aliphatic heterocycles. The molecule has 5 aromatic rings. The third-order valence-corrected chi connectivity index (χ3v) is 5.59. The summed E-state index contributed by atoms with van der Waals surface area (Å²) in [6.45, 7) is 4.03. The van der Waals surface area contributed by atoms with Crippen LogP contribution in [-0.4, -0.2) is 26.8 Å². The summed E-state index contributed by atoms with van der Waals surface area (Å²) in [6.07, 6.45) is 1.68. The van der Waals surface area contributed by atoms with Gasteiger partial charge in [-0.25, -0.2) is 9.97 Å². The molecule has 0 saturated carbocycles. The molecule has 0 bridgehead atoms. The van der Waals surface area contributed by atoms with E-state index in [1.54, 1.807) is 6.21 Å². The van der Waals surface area contributed by atoms with Gasteiger partial charge in [-0.1, -0.05) is 48.5 Å². The first-order valence-corrected chi connectivity index (χ1v) is 10.6. The molecule has 162 valence electrons. The fraction of sp³-hybridized carbons (Fsp3) is 0.0769. The average molecular weight is 435 g/mol. The van der Waals surface area contributed by atoms with Gasteiger partial charge < -0.3 is 11.1 Å². The Morgan fingerprint density at radius 1 is 0.939 bits per heavy atom. The molecule has 1 amide bonds. The standard InChI is InChI=1S/C26H22N6O/c1-16-12-13-19(14-17(16)2)29-26(33)22-23-25(31-21-11-7-6-10-20(21)30-23)32(24(22)27)28-15-18-8-4-3-5-9-18/h3-15H,27H2,1-2H3,(H,29,33). The minimum Gasteiger partial charge on any atom is -0.383 e. The predicted octanol–water partition coefficient (Wildman–Crippen LogP) is 4.92. The van der Waals surface area contributed by atoms with E-state index in [1.807, 2.05) is 86.6 Å². The number of hydrogen-bond donors (Lipinski definition) is 2. The Kier molecular flexibility index (Phi) is 5.06. The molecule has 0 fully saturated rings. The molecular weight excluding hydrogens is 412 g/mol. The fourth-order valence-corrected chi connectivity index (χ4v) is 3.66. The number of carbonyl (C=O) groups is 1. The molecule has 0 radical (unpaired) electrons. The molecule has 0 aliphatic rings. The number of nitrogens with one attached hydrogen (secondary N) is 1. The van der Waals surface area contributed by atoms with Crippen LogP contribution in [0.3, 0.4) is 0 Å². The van der Waals surface area contributed by atoms with Crippen molar-refractivity contribution in [3.8, 4) is 0 Å². The Balaban J connectivity index is 1.66. The SMILES string of the molecule is Cc1ccc(NC(=O)c2c(N)n(N=Cc3ccccc3)c3nc4ccccc4nc23)cc1C. The van der Waals surface area contributed by atoms with Crippen LogP contribution in [0.25, 0.3) is 22.2 Å². The summed E-state index contributed by atoms with van der Waals surface area (Å²) < 4.78 is 1.47. The van der Waals surface area contributed by atoms with Gasteiger partial charge in [0.15, 0.2) is 5.65 Å². The van der Waals surface area contributed by atoms with Crippen molar-refractivity contribution in [3.63, 3.8) is 0 Å². The summed E-state index contributed by atoms with van der Waals surface area (Å²) in [6, 6.07) is 22.9. The normalized spacial score (nSPS) is 11.5. The number of rotatable bonds is 4. The minimum atomic E-state index is -0.362. The van der Waals surface area contributed by atoms with Gasteiger partial charge in [0.1, 0.15) is 16.9 Å². The van der Waals surface area contributed by atoms with Crippen LogP contribution >= 0.6 is 0 Å². The highest BCUT2D eigenvalue weighted by Crippen LogP contribution is 2.29. The van der Waals surface area contributed by atoms with Gasteiger partial charge in [-0.05, 0) is 54.8 Å².